The average Bonchev–Trinajstić information content (AvgIpc) is 2.65. The second-order valence-corrected chi connectivity index (χ2v) is 5.49. The third-order valence-corrected chi connectivity index (χ3v) is 3.79. The Hall–Kier alpha value is -3.54. The van der Waals surface area contributed by atoms with Crippen LogP contribution in [0, 0.1) is 11.6 Å². The van der Waals surface area contributed by atoms with Crippen LogP contribution in [0.1, 0.15) is 20.7 Å². The summed E-state index contributed by atoms with van der Waals surface area (Å²) in [5.74, 6) is -4.13. The van der Waals surface area contributed by atoms with E-state index in [4.69, 9.17) is 5.11 Å². The molecule has 3 aromatic rings. The maximum Gasteiger partial charge on any atom is 0.336 e. The lowest BCUT2D eigenvalue weighted by Crippen LogP contribution is -2.18. The number of carbonyl (C=O) groups excluding carboxylic acids is 1. The summed E-state index contributed by atoms with van der Waals surface area (Å²) in [4.78, 5) is 23.5. The Morgan fingerprint density at radius 2 is 1.31 bits per heavy atom. The van der Waals surface area contributed by atoms with Crippen molar-refractivity contribution < 1.29 is 23.5 Å². The standard InChI is InChI=1S/C20H13F2NO3/c21-16-10-13(12-6-2-1-3-7-12)11-17(22)18(16)23-19(24)14-8-4-5-9-15(14)20(25)26/h1-11H,(H,23,24)(H,25,26). The number of rotatable bonds is 4. The van der Waals surface area contributed by atoms with Gasteiger partial charge in [-0.3, -0.25) is 4.79 Å². The molecule has 1 amide bonds. The Balaban J connectivity index is 1.94. The summed E-state index contributed by atoms with van der Waals surface area (Å²) >= 11 is 0. The predicted molar refractivity (Wildman–Crippen MR) is 93.1 cm³/mol. The van der Waals surface area contributed by atoms with Crippen molar-refractivity contribution in [2.24, 2.45) is 0 Å². The molecule has 0 aromatic heterocycles. The van der Waals surface area contributed by atoms with Crippen LogP contribution in [-0.2, 0) is 0 Å². The van der Waals surface area contributed by atoms with Gasteiger partial charge < -0.3 is 10.4 Å². The largest absolute Gasteiger partial charge is 0.478 e. The van der Waals surface area contributed by atoms with Gasteiger partial charge in [-0.05, 0) is 35.4 Å². The normalized spacial score (nSPS) is 10.4. The first kappa shape index (κ1) is 17.3. The smallest absolute Gasteiger partial charge is 0.336 e. The zero-order valence-corrected chi connectivity index (χ0v) is 13.4. The van der Waals surface area contributed by atoms with Gasteiger partial charge in [0.1, 0.15) is 17.3 Å². The molecule has 4 nitrogen and oxygen atoms in total. The van der Waals surface area contributed by atoms with Gasteiger partial charge in [0.2, 0.25) is 0 Å². The highest BCUT2D eigenvalue weighted by Gasteiger charge is 2.19. The van der Waals surface area contributed by atoms with Crippen molar-refractivity contribution in [3.63, 3.8) is 0 Å². The summed E-state index contributed by atoms with van der Waals surface area (Å²) in [5, 5.41) is 11.2. The van der Waals surface area contributed by atoms with Gasteiger partial charge in [0, 0.05) is 0 Å². The van der Waals surface area contributed by atoms with Gasteiger partial charge in [-0.15, -0.1) is 0 Å². The predicted octanol–water partition coefficient (Wildman–Crippen LogP) is 4.58. The van der Waals surface area contributed by atoms with Gasteiger partial charge in [-0.25, -0.2) is 13.6 Å². The van der Waals surface area contributed by atoms with E-state index < -0.39 is 29.2 Å². The van der Waals surface area contributed by atoms with E-state index in [9.17, 15) is 18.4 Å². The highest BCUT2D eigenvalue weighted by Crippen LogP contribution is 2.28. The molecule has 0 unspecified atom stereocenters. The van der Waals surface area contributed by atoms with E-state index in [0.717, 1.165) is 12.1 Å². The number of nitrogens with one attached hydrogen (secondary N) is 1. The number of carbonyl (C=O) groups is 2. The topological polar surface area (TPSA) is 66.4 Å². The molecule has 2 N–H and O–H groups in total. The van der Waals surface area contributed by atoms with Crippen molar-refractivity contribution in [3.8, 4) is 11.1 Å². The van der Waals surface area contributed by atoms with Gasteiger partial charge in [-0.2, -0.15) is 0 Å². The molecule has 26 heavy (non-hydrogen) atoms. The van der Waals surface area contributed by atoms with Gasteiger partial charge in [-0.1, -0.05) is 42.5 Å². The second-order valence-electron chi connectivity index (χ2n) is 5.49. The average molecular weight is 353 g/mol. The first-order valence-corrected chi connectivity index (χ1v) is 7.65. The molecule has 0 saturated carbocycles. The third kappa shape index (κ3) is 3.44. The fraction of sp³-hybridized carbons (Fsp3) is 0. The number of amides is 1. The Morgan fingerprint density at radius 1 is 0.769 bits per heavy atom. The second kappa shape index (κ2) is 7.14. The first-order chi connectivity index (χ1) is 12.5. The van der Waals surface area contributed by atoms with E-state index in [-0.39, 0.29) is 11.1 Å². The molecule has 3 rings (SSSR count). The van der Waals surface area contributed by atoms with Crippen molar-refractivity contribution in [2.75, 3.05) is 5.32 Å². The number of benzene rings is 3. The minimum atomic E-state index is -1.31. The Kier molecular flexibility index (Phi) is 4.75. The monoisotopic (exact) mass is 353 g/mol. The fourth-order valence-electron chi connectivity index (χ4n) is 2.54. The van der Waals surface area contributed by atoms with Crippen LogP contribution in [-0.4, -0.2) is 17.0 Å². The van der Waals surface area contributed by atoms with Crippen molar-refractivity contribution >= 4 is 17.6 Å². The van der Waals surface area contributed by atoms with Crippen molar-refractivity contribution in [1.29, 1.82) is 0 Å². The maximum atomic E-state index is 14.4. The van der Waals surface area contributed by atoms with Crippen LogP contribution in [0.2, 0.25) is 0 Å². The minimum Gasteiger partial charge on any atom is -0.478 e. The Bertz CT molecular complexity index is 964. The molecular weight excluding hydrogens is 340 g/mol. The minimum absolute atomic E-state index is 0.189. The highest BCUT2D eigenvalue weighted by molar-refractivity contribution is 6.10. The molecule has 6 heteroatoms. The number of carboxylic acids is 1. The zero-order chi connectivity index (χ0) is 18.7. The molecule has 0 spiro atoms. The lowest BCUT2D eigenvalue weighted by Gasteiger charge is -2.11. The van der Waals surface area contributed by atoms with Crippen molar-refractivity contribution in [3.05, 3.63) is 89.5 Å². The van der Waals surface area contributed by atoms with E-state index in [1.807, 2.05) is 0 Å². The molecule has 0 aliphatic heterocycles. The number of hydrogen-bond acceptors (Lipinski definition) is 2. The molecule has 3 aromatic carbocycles. The number of anilines is 1. The van der Waals surface area contributed by atoms with Crippen molar-refractivity contribution in [1.82, 2.24) is 0 Å². The lowest BCUT2D eigenvalue weighted by molar-refractivity contribution is 0.0692. The third-order valence-electron chi connectivity index (χ3n) is 3.79. The SMILES string of the molecule is O=C(O)c1ccccc1C(=O)Nc1c(F)cc(-c2ccccc2)cc1F. The van der Waals surface area contributed by atoms with Gasteiger partial charge in [0.15, 0.2) is 0 Å². The molecule has 0 aliphatic carbocycles. The van der Waals surface area contributed by atoms with Crippen LogP contribution in [0.5, 0.6) is 0 Å². The first-order valence-electron chi connectivity index (χ1n) is 7.65. The molecule has 0 radical (unpaired) electrons. The van der Waals surface area contributed by atoms with Gasteiger partial charge in [0.05, 0.1) is 11.1 Å². The molecule has 0 fully saturated rings. The van der Waals surface area contributed by atoms with E-state index in [1.54, 1.807) is 30.3 Å². The van der Waals surface area contributed by atoms with Crippen molar-refractivity contribution in [2.45, 2.75) is 0 Å². The molecular formula is C20H13F2NO3. The zero-order valence-electron chi connectivity index (χ0n) is 13.4. The summed E-state index contributed by atoms with van der Waals surface area (Å²) in [5.41, 5.74) is -0.128. The number of carboxylic acid groups (broad SMARTS) is 1. The summed E-state index contributed by atoms with van der Waals surface area (Å²) < 4.78 is 28.7. The summed E-state index contributed by atoms with van der Waals surface area (Å²) in [6.45, 7) is 0. The van der Waals surface area contributed by atoms with Crippen LogP contribution in [0.25, 0.3) is 11.1 Å². The molecule has 0 saturated heterocycles. The quantitative estimate of drug-likeness (QED) is 0.721. The molecule has 0 heterocycles. The van der Waals surface area contributed by atoms with E-state index in [2.05, 4.69) is 5.32 Å². The summed E-state index contributed by atoms with van der Waals surface area (Å²) in [6.07, 6.45) is 0. The summed E-state index contributed by atoms with van der Waals surface area (Å²) in [7, 11) is 0. The Labute approximate surface area is 147 Å². The maximum absolute atomic E-state index is 14.4. The lowest BCUT2D eigenvalue weighted by atomic mass is 10.0. The van der Waals surface area contributed by atoms with Crippen LogP contribution >= 0.6 is 0 Å². The molecule has 0 atom stereocenters. The van der Waals surface area contributed by atoms with Crippen LogP contribution in [0.3, 0.4) is 0 Å². The molecule has 0 bridgehead atoms. The fourth-order valence-corrected chi connectivity index (χ4v) is 2.54. The van der Waals surface area contributed by atoms with Gasteiger partial charge >= 0.3 is 5.97 Å². The molecule has 130 valence electrons. The Morgan fingerprint density at radius 3 is 1.88 bits per heavy atom. The van der Waals surface area contributed by atoms with E-state index >= 15 is 0 Å². The van der Waals surface area contributed by atoms with Crippen LogP contribution in [0.4, 0.5) is 14.5 Å². The summed E-state index contributed by atoms with van der Waals surface area (Å²) in [6, 6.07) is 16.3. The highest BCUT2D eigenvalue weighted by atomic mass is 19.1. The number of halogens is 2. The molecule has 0 aliphatic rings. The van der Waals surface area contributed by atoms with Crippen LogP contribution in [0.15, 0.2) is 66.7 Å². The van der Waals surface area contributed by atoms with Gasteiger partial charge in [0.25, 0.3) is 5.91 Å². The van der Waals surface area contributed by atoms with Crippen LogP contribution < -0.4 is 5.32 Å². The number of aromatic carboxylic acids is 1. The van der Waals surface area contributed by atoms with E-state index in [1.165, 1.54) is 24.3 Å². The number of hydrogen-bond donors (Lipinski definition) is 2. The van der Waals surface area contributed by atoms with E-state index in [0.29, 0.717) is 11.1 Å².